The van der Waals surface area contributed by atoms with Crippen LogP contribution in [0.4, 0.5) is 0 Å². The van der Waals surface area contributed by atoms with Gasteiger partial charge >= 0.3 is 0 Å². The van der Waals surface area contributed by atoms with Crippen LogP contribution < -0.4 is 0 Å². The van der Waals surface area contributed by atoms with E-state index in [1.54, 1.807) is 0 Å². The molecule has 0 spiro atoms. The van der Waals surface area contributed by atoms with Gasteiger partial charge in [0.1, 0.15) is 0 Å². The van der Waals surface area contributed by atoms with Crippen molar-refractivity contribution in [1.29, 1.82) is 0 Å². The minimum absolute atomic E-state index is 0.110. The molecule has 1 heterocycles. The molecule has 0 amide bonds. The fourth-order valence-corrected chi connectivity index (χ4v) is 2.38. The summed E-state index contributed by atoms with van der Waals surface area (Å²) in [4.78, 5) is 0. The summed E-state index contributed by atoms with van der Waals surface area (Å²) in [5, 5.41) is 13.6. The van der Waals surface area contributed by atoms with Crippen LogP contribution in [0.15, 0.2) is 6.20 Å². The number of rotatable bonds is 2. The van der Waals surface area contributed by atoms with Crippen molar-refractivity contribution < 1.29 is 5.11 Å². The second-order valence-corrected chi connectivity index (χ2v) is 4.52. The van der Waals surface area contributed by atoms with Gasteiger partial charge in [0.15, 0.2) is 0 Å². The van der Waals surface area contributed by atoms with E-state index in [-0.39, 0.29) is 6.61 Å². The monoisotopic (exact) mass is 208 g/mol. The van der Waals surface area contributed by atoms with Crippen LogP contribution in [0.2, 0.25) is 0 Å². The Kier molecular flexibility index (Phi) is 3.41. The minimum atomic E-state index is 0.110. The number of nitrogens with zero attached hydrogens (tertiary/aromatic N) is 2. The molecule has 3 nitrogen and oxygen atoms in total. The van der Waals surface area contributed by atoms with Crippen LogP contribution in [0, 0.1) is 6.92 Å². The van der Waals surface area contributed by atoms with Crippen molar-refractivity contribution in [1.82, 2.24) is 9.78 Å². The Bertz CT molecular complexity index is 311. The zero-order chi connectivity index (χ0) is 10.7. The van der Waals surface area contributed by atoms with Crippen LogP contribution in [0.5, 0.6) is 0 Å². The van der Waals surface area contributed by atoms with Gasteiger partial charge in [0.05, 0.1) is 18.3 Å². The molecular formula is C12H20N2O. The summed E-state index contributed by atoms with van der Waals surface area (Å²) in [6.07, 6.45) is 9.87. The Hall–Kier alpha value is -0.830. The van der Waals surface area contributed by atoms with E-state index in [0.29, 0.717) is 6.04 Å². The Morgan fingerprint density at radius 1 is 1.33 bits per heavy atom. The SMILES string of the molecule is Cc1nn(C2CCCCCC2)cc1CO. The minimum Gasteiger partial charge on any atom is -0.392 e. The first-order valence-electron chi connectivity index (χ1n) is 5.96. The van der Waals surface area contributed by atoms with E-state index in [4.69, 9.17) is 5.11 Å². The Labute approximate surface area is 91.1 Å². The summed E-state index contributed by atoms with van der Waals surface area (Å²) in [7, 11) is 0. The van der Waals surface area contributed by atoms with Gasteiger partial charge in [0.25, 0.3) is 0 Å². The van der Waals surface area contributed by atoms with E-state index in [9.17, 15) is 0 Å². The molecule has 1 aliphatic rings. The zero-order valence-corrected chi connectivity index (χ0v) is 9.45. The first kappa shape index (κ1) is 10.7. The summed E-state index contributed by atoms with van der Waals surface area (Å²) in [6, 6.07) is 0.562. The van der Waals surface area contributed by atoms with Gasteiger partial charge in [-0.2, -0.15) is 5.10 Å². The topological polar surface area (TPSA) is 38.0 Å². The highest BCUT2D eigenvalue weighted by atomic mass is 16.3. The molecule has 1 aromatic heterocycles. The average Bonchev–Trinajstić information content (AvgIpc) is 2.48. The molecule has 0 radical (unpaired) electrons. The molecular weight excluding hydrogens is 188 g/mol. The average molecular weight is 208 g/mol. The number of hydrogen-bond donors (Lipinski definition) is 1. The van der Waals surface area contributed by atoms with Gasteiger partial charge in [-0.1, -0.05) is 25.7 Å². The first-order valence-corrected chi connectivity index (χ1v) is 5.96. The Balaban J connectivity index is 2.12. The summed E-state index contributed by atoms with van der Waals surface area (Å²) < 4.78 is 2.08. The fraction of sp³-hybridized carbons (Fsp3) is 0.750. The molecule has 0 saturated heterocycles. The molecule has 0 bridgehead atoms. The standard InChI is InChI=1S/C12H20N2O/c1-10-11(9-15)8-14(13-10)12-6-4-2-3-5-7-12/h8,12,15H,2-7,9H2,1H3. The Morgan fingerprint density at radius 3 is 2.53 bits per heavy atom. The molecule has 1 aromatic rings. The van der Waals surface area contributed by atoms with Gasteiger partial charge in [-0.15, -0.1) is 0 Å². The lowest BCUT2D eigenvalue weighted by Gasteiger charge is -2.14. The lowest BCUT2D eigenvalue weighted by Crippen LogP contribution is -2.08. The molecule has 1 saturated carbocycles. The molecule has 0 atom stereocenters. The molecule has 0 aliphatic heterocycles. The summed E-state index contributed by atoms with van der Waals surface area (Å²) in [5.74, 6) is 0. The largest absolute Gasteiger partial charge is 0.392 e. The quantitative estimate of drug-likeness (QED) is 0.759. The van der Waals surface area contributed by atoms with Crippen molar-refractivity contribution in [2.45, 2.75) is 58.1 Å². The maximum Gasteiger partial charge on any atom is 0.0715 e. The molecule has 0 aromatic carbocycles. The number of hydrogen-bond acceptors (Lipinski definition) is 2. The second-order valence-electron chi connectivity index (χ2n) is 4.52. The third-order valence-corrected chi connectivity index (χ3v) is 3.39. The smallest absolute Gasteiger partial charge is 0.0715 e. The summed E-state index contributed by atoms with van der Waals surface area (Å²) >= 11 is 0. The number of aliphatic hydroxyl groups excluding tert-OH is 1. The second kappa shape index (κ2) is 4.79. The number of aliphatic hydroxyl groups is 1. The van der Waals surface area contributed by atoms with Crippen molar-refractivity contribution >= 4 is 0 Å². The highest BCUT2D eigenvalue weighted by Gasteiger charge is 2.16. The van der Waals surface area contributed by atoms with Gasteiger partial charge in [0.2, 0.25) is 0 Å². The van der Waals surface area contributed by atoms with Crippen LogP contribution in [0.3, 0.4) is 0 Å². The van der Waals surface area contributed by atoms with Crippen LogP contribution in [-0.2, 0) is 6.61 Å². The molecule has 1 aliphatic carbocycles. The van der Waals surface area contributed by atoms with Crippen LogP contribution in [-0.4, -0.2) is 14.9 Å². The van der Waals surface area contributed by atoms with Crippen LogP contribution in [0.1, 0.15) is 55.8 Å². The van der Waals surface area contributed by atoms with Crippen LogP contribution >= 0.6 is 0 Å². The maximum atomic E-state index is 9.13. The normalized spacial score (nSPS) is 19.1. The number of aryl methyl sites for hydroxylation is 1. The molecule has 15 heavy (non-hydrogen) atoms. The molecule has 3 heteroatoms. The first-order chi connectivity index (χ1) is 7.31. The van der Waals surface area contributed by atoms with E-state index in [1.165, 1.54) is 38.5 Å². The van der Waals surface area contributed by atoms with E-state index in [0.717, 1.165) is 11.3 Å². The summed E-state index contributed by atoms with van der Waals surface area (Å²) in [6.45, 7) is 2.08. The molecule has 1 fully saturated rings. The van der Waals surface area contributed by atoms with Gasteiger partial charge in [0, 0.05) is 11.8 Å². The third kappa shape index (κ3) is 2.40. The molecule has 1 N–H and O–H groups in total. The zero-order valence-electron chi connectivity index (χ0n) is 9.45. The number of aromatic nitrogens is 2. The van der Waals surface area contributed by atoms with Crippen molar-refractivity contribution in [2.24, 2.45) is 0 Å². The van der Waals surface area contributed by atoms with Gasteiger partial charge < -0.3 is 5.11 Å². The lowest BCUT2D eigenvalue weighted by atomic mass is 10.1. The molecule has 2 rings (SSSR count). The Morgan fingerprint density at radius 2 is 2.00 bits per heavy atom. The van der Waals surface area contributed by atoms with Gasteiger partial charge in [-0.05, 0) is 19.8 Å². The van der Waals surface area contributed by atoms with E-state index < -0.39 is 0 Å². The van der Waals surface area contributed by atoms with Crippen LogP contribution in [0.25, 0.3) is 0 Å². The maximum absolute atomic E-state index is 9.13. The van der Waals surface area contributed by atoms with Crippen molar-refractivity contribution in [3.8, 4) is 0 Å². The predicted molar refractivity (Wildman–Crippen MR) is 59.6 cm³/mol. The highest BCUT2D eigenvalue weighted by Crippen LogP contribution is 2.27. The van der Waals surface area contributed by atoms with Crippen molar-refractivity contribution in [2.75, 3.05) is 0 Å². The van der Waals surface area contributed by atoms with Gasteiger partial charge in [-0.25, -0.2) is 0 Å². The highest BCUT2D eigenvalue weighted by molar-refractivity contribution is 5.14. The predicted octanol–water partition coefficient (Wildman–Crippen LogP) is 2.58. The molecule has 84 valence electrons. The van der Waals surface area contributed by atoms with E-state index in [2.05, 4.69) is 9.78 Å². The third-order valence-electron chi connectivity index (χ3n) is 3.39. The van der Waals surface area contributed by atoms with E-state index >= 15 is 0 Å². The summed E-state index contributed by atoms with van der Waals surface area (Å²) in [5.41, 5.74) is 1.95. The van der Waals surface area contributed by atoms with Crippen molar-refractivity contribution in [3.63, 3.8) is 0 Å². The fourth-order valence-electron chi connectivity index (χ4n) is 2.38. The lowest BCUT2D eigenvalue weighted by molar-refractivity contribution is 0.280. The van der Waals surface area contributed by atoms with E-state index in [1.807, 2.05) is 13.1 Å². The van der Waals surface area contributed by atoms with Gasteiger partial charge in [-0.3, -0.25) is 4.68 Å². The molecule has 0 unspecified atom stereocenters. The van der Waals surface area contributed by atoms with Crippen molar-refractivity contribution in [3.05, 3.63) is 17.5 Å².